The topological polar surface area (TPSA) is 35.2 Å². The van der Waals surface area contributed by atoms with Crippen LogP contribution < -0.4 is 10.5 Å². The zero-order valence-electron chi connectivity index (χ0n) is 8.69. The van der Waals surface area contributed by atoms with Crippen LogP contribution in [0.15, 0.2) is 53.0 Å². The second-order valence-corrected chi connectivity index (χ2v) is 4.20. The lowest BCUT2D eigenvalue weighted by Crippen LogP contribution is -1.99. The molecule has 0 saturated carbocycles. The van der Waals surface area contributed by atoms with Gasteiger partial charge in [0.15, 0.2) is 0 Å². The van der Waals surface area contributed by atoms with Gasteiger partial charge in [0, 0.05) is 12.1 Å². The molecule has 0 fully saturated rings. The maximum atomic E-state index is 5.80. The van der Waals surface area contributed by atoms with Crippen molar-refractivity contribution in [2.75, 3.05) is 0 Å². The van der Waals surface area contributed by atoms with E-state index in [1.54, 1.807) is 0 Å². The zero-order chi connectivity index (χ0) is 11.4. The Labute approximate surface area is 103 Å². The third-order valence-electron chi connectivity index (χ3n) is 2.25. The van der Waals surface area contributed by atoms with Crippen LogP contribution in [0.3, 0.4) is 0 Å². The number of nitrogens with two attached hydrogens (primary N) is 1. The van der Waals surface area contributed by atoms with Crippen molar-refractivity contribution in [2.24, 2.45) is 5.73 Å². The summed E-state index contributed by atoms with van der Waals surface area (Å²) >= 11 is 3.44. The number of rotatable bonds is 3. The summed E-state index contributed by atoms with van der Waals surface area (Å²) < 4.78 is 6.74. The first-order chi connectivity index (χ1) is 7.81. The van der Waals surface area contributed by atoms with Crippen LogP contribution in [0.25, 0.3) is 0 Å². The minimum atomic E-state index is 0.473. The van der Waals surface area contributed by atoms with Crippen LogP contribution in [0, 0.1) is 0 Å². The molecule has 2 aromatic carbocycles. The Morgan fingerprint density at radius 1 is 0.938 bits per heavy atom. The predicted octanol–water partition coefficient (Wildman–Crippen LogP) is 3.70. The van der Waals surface area contributed by atoms with Gasteiger partial charge in [-0.1, -0.05) is 30.3 Å². The van der Waals surface area contributed by atoms with Gasteiger partial charge in [-0.05, 0) is 34.1 Å². The molecular formula is C13H12BrNO. The lowest BCUT2D eigenvalue weighted by molar-refractivity contribution is 0.473. The van der Waals surface area contributed by atoms with Crippen molar-refractivity contribution in [1.29, 1.82) is 0 Å². The van der Waals surface area contributed by atoms with Gasteiger partial charge in [0.05, 0.1) is 4.47 Å². The van der Waals surface area contributed by atoms with Crippen molar-refractivity contribution in [2.45, 2.75) is 6.54 Å². The van der Waals surface area contributed by atoms with Gasteiger partial charge in [-0.2, -0.15) is 0 Å². The molecule has 0 amide bonds. The van der Waals surface area contributed by atoms with E-state index in [1.165, 1.54) is 0 Å². The number of hydrogen-bond donors (Lipinski definition) is 1. The Hall–Kier alpha value is -1.32. The lowest BCUT2D eigenvalue weighted by atomic mass is 10.2. The number of ether oxygens (including phenoxy) is 1. The molecule has 0 atom stereocenters. The molecule has 0 bridgehead atoms. The smallest absolute Gasteiger partial charge is 0.141 e. The average molecular weight is 278 g/mol. The summed E-state index contributed by atoms with van der Waals surface area (Å²) in [5.74, 6) is 1.60. The second-order valence-electron chi connectivity index (χ2n) is 3.34. The van der Waals surface area contributed by atoms with Gasteiger partial charge in [0.1, 0.15) is 11.5 Å². The van der Waals surface area contributed by atoms with Crippen LogP contribution in [-0.4, -0.2) is 0 Å². The summed E-state index contributed by atoms with van der Waals surface area (Å²) in [5.41, 5.74) is 6.65. The Kier molecular flexibility index (Phi) is 3.59. The fourth-order valence-electron chi connectivity index (χ4n) is 1.42. The van der Waals surface area contributed by atoms with Crippen molar-refractivity contribution in [1.82, 2.24) is 0 Å². The van der Waals surface area contributed by atoms with Crippen molar-refractivity contribution in [3.63, 3.8) is 0 Å². The van der Waals surface area contributed by atoms with Crippen LogP contribution in [0.1, 0.15) is 5.56 Å². The molecule has 0 aliphatic heterocycles. The monoisotopic (exact) mass is 277 g/mol. The third kappa shape index (κ3) is 2.43. The van der Waals surface area contributed by atoms with Gasteiger partial charge in [-0.3, -0.25) is 0 Å². The molecule has 16 heavy (non-hydrogen) atoms. The van der Waals surface area contributed by atoms with E-state index in [0.717, 1.165) is 21.5 Å². The molecule has 0 aliphatic rings. The van der Waals surface area contributed by atoms with E-state index < -0.39 is 0 Å². The third-order valence-corrected chi connectivity index (χ3v) is 2.90. The first-order valence-corrected chi connectivity index (χ1v) is 5.81. The number of benzene rings is 2. The predicted molar refractivity (Wildman–Crippen MR) is 68.5 cm³/mol. The van der Waals surface area contributed by atoms with Crippen LogP contribution in [0.5, 0.6) is 11.5 Å². The maximum Gasteiger partial charge on any atom is 0.141 e. The molecule has 2 rings (SSSR count). The van der Waals surface area contributed by atoms with E-state index in [1.807, 2.05) is 48.5 Å². The van der Waals surface area contributed by atoms with Crippen molar-refractivity contribution >= 4 is 15.9 Å². The Morgan fingerprint density at radius 3 is 2.25 bits per heavy atom. The van der Waals surface area contributed by atoms with E-state index in [-0.39, 0.29) is 0 Å². The molecule has 0 spiro atoms. The van der Waals surface area contributed by atoms with Crippen LogP contribution in [0.2, 0.25) is 0 Å². The van der Waals surface area contributed by atoms with Crippen molar-refractivity contribution in [3.05, 3.63) is 58.6 Å². The standard InChI is InChI=1S/C13H12BrNO/c14-11-6-2-4-8-13(11)16-12-7-3-1-5-10(12)9-15/h1-8H,9,15H2. The Balaban J connectivity index is 2.30. The minimum Gasteiger partial charge on any atom is -0.456 e. The molecule has 0 aromatic heterocycles. The van der Waals surface area contributed by atoms with Crippen molar-refractivity contribution < 1.29 is 4.74 Å². The maximum absolute atomic E-state index is 5.80. The van der Waals surface area contributed by atoms with Crippen LogP contribution >= 0.6 is 15.9 Å². The highest BCUT2D eigenvalue weighted by atomic mass is 79.9. The van der Waals surface area contributed by atoms with E-state index in [2.05, 4.69) is 15.9 Å². The molecule has 0 radical (unpaired) electrons. The lowest BCUT2D eigenvalue weighted by Gasteiger charge is -2.10. The van der Waals surface area contributed by atoms with Crippen LogP contribution in [-0.2, 0) is 6.54 Å². The molecule has 3 heteroatoms. The normalized spacial score (nSPS) is 10.1. The van der Waals surface area contributed by atoms with Gasteiger partial charge in [0.25, 0.3) is 0 Å². The highest BCUT2D eigenvalue weighted by Crippen LogP contribution is 2.30. The first-order valence-electron chi connectivity index (χ1n) is 5.01. The number of halogens is 1. The fraction of sp³-hybridized carbons (Fsp3) is 0.0769. The van der Waals surface area contributed by atoms with E-state index in [9.17, 15) is 0 Å². The average Bonchev–Trinajstić information content (AvgIpc) is 2.33. The SMILES string of the molecule is NCc1ccccc1Oc1ccccc1Br. The summed E-state index contributed by atoms with van der Waals surface area (Å²) in [4.78, 5) is 0. The molecule has 0 aliphatic carbocycles. The van der Waals surface area contributed by atoms with E-state index >= 15 is 0 Å². The Bertz CT molecular complexity index is 485. The summed E-state index contributed by atoms with van der Waals surface area (Å²) in [7, 11) is 0. The van der Waals surface area contributed by atoms with Gasteiger partial charge >= 0.3 is 0 Å². The summed E-state index contributed by atoms with van der Waals surface area (Å²) in [6.07, 6.45) is 0. The summed E-state index contributed by atoms with van der Waals surface area (Å²) in [6.45, 7) is 0.473. The van der Waals surface area contributed by atoms with Gasteiger partial charge in [0.2, 0.25) is 0 Å². The minimum absolute atomic E-state index is 0.473. The van der Waals surface area contributed by atoms with E-state index in [0.29, 0.717) is 6.54 Å². The number of para-hydroxylation sites is 2. The van der Waals surface area contributed by atoms with Crippen molar-refractivity contribution in [3.8, 4) is 11.5 Å². The molecule has 82 valence electrons. The zero-order valence-corrected chi connectivity index (χ0v) is 10.3. The molecule has 0 unspecified atom stereocenters. The number of hydrogen-bond acceptors (Lipinski definition) is 2. The highest BCUT2D eigenvalue weighted by Gasteiger charge is 2.04. The molecule has 0 heterocycles. The first kappa shape index (κ1) is 11.2. The van der Waals surface area contributed by atoms with Gasteiger partial charge in [-0.25, -0.2) is 0 Å². The van der Waals surface area contributed by atoms with Crippen LogP contribution in [0.4, 0.5) is 0 Å². The van der Waals surface area contributed by atoms with Gasteiger partial charge in [-0.15, -0.1) is 0 Å². The second kappa shape index (κ2) is 5.14. The van der Waals surface area contributed by atoms with E-state index in [4.69, 9.17) is 10.5 Å². The van der Waals surface area contributed by atoms with Gasteiger partial charge < -0.3 is 10.5 Å². The molecule has 2 nitrogen and oxygen atoms in total. The molecular weight excluding hydrogens is 266 g/mol. The molecule has 0 saturated heterocycles. The molecule has 2 N–H and O–H groups in total. The summed E-state index contributed by atoms with van der Waals surface area (Å²) in [6, 6.07) is 15.5. The largest absolute Gasteiger partial charge is 0.456 e. The summed E-state index contributed by atoms with van der Waals surface area (Å²) in [5, 5.41) is 0. The molecule has 2 aromatic rings. The fourth-order valence-corrected chi connectivity index (χ4v) is 1.78. The Morgan fingerprint density at radius 2 is 1.56 bits per heavy atom. The quantitative estimate of drug-likeness (QED) is 0.929. The highest BCUT2D eigenvalue weighted by molar-refractivity contribution is 9.10.